The van der Waals surface area contributed by atoms with E-state index in [0.29, 0.717) is 35.2 Å². The molecule has 0 unspecified atom stereocenters. The van der Waals surface area contributed by atoms with Crippen LogP contribution in [0.5, 0.6) is 0 Å². The van der Waals surface area contributed by atoms with Crippen LogP contribution in [0, 0.1) is 5.92 Å². The number of halogens is 1. The van der Waals surface area contributed by atoms with Crippen LogP contribution in [0.1, 0.15) is 46.5 Å². The summed E-state index contributed by atoms with van der Waals surface area (Å²) < 4.78 is 5.13. The Morgan fingerprint density at radius 2 is 2.06 bits per heavy atom. The Labute approximate surface area is 184 Å². The smallest absolute Gasteiger partial charge is 0.291 e. The first-order valence-corrected chi connectivity index (χ1v) is 10.7. The van der Waals surface area contributed by atoms with Crippen molar-refractivity contribution >= 4 is 40.5 Å². The predicted octanol–water partition coefficient (Wildman–Crippen LogP) is 5.17. The molecule has 6 nitrogen and oxygen atoms in total. The molecule has 1 N–H and O–H groups in total. The van der Waals surface area contributed by atoms with Gasteiger partial charge >= 0.3 is 0 Å². The minimum absolute atomic E-state index is 0.220. The van der Waals surface area contributed by atoms with Crippen molar-refractivity contribution in [2.24, 2.45) is 10.9 Å². The first-order chi connectivity index (χ1) is 15.1. The van der Waals surface area contributed by atoms with Crippen LogP contribution in [-0.4, -0.2) is 22.4 Å². The van der Waals surface area contributed by atoms with Crippen LogP contribution in [0.2, 0.25) is 5.02 Å². The summed E-state index contributed by atoms with van der Waals surface area (Å²) in [6.07, 6.45) is 7.36. The quantitative estimate of drug-likeness (QED) is 0.581. The molecule has 1 amide bonds. The van der Waals surface area contributed by atoms with E-state index in [0.717, 1.165) is 41.7 Å². The number of pyridine rings is 1. The number of furan rings is 1. The molecule has 1 saturated carbocycles. The fourth-order valence-electron chi connectivity index (χ4n) is 3.88. The Balaban J connectivity index is 1.33. The molecule has 1 fully saturated rings. The summed E-state index contributed by atoms with van der Waals surface area (Å²) in [5, 5.41) is 3.35. The SMILES string of the molecule is O=C(Nc1ccc(Cl)c(C2=Nc3ncc(CC(=O)C4CCC4)cc3C2)c1)c1ccco1. The molecule has 0 saturated heterocycles. The average molecular weight is 434 g/mol. The van der Waals surface area contributed by atoms with Crippen molar-refractivity contribution in [3.8, 4) is 0 Å². The number of benzene rings is 1. The molecule has 5 rings (SSSR count). The Morgan fingerprint density at radius 3 is 2.81 bits per heavy atom. The van der Waals surface area contributed by atoms with Crippen LogP contribution in [0.15, 0.2) is 58.3 Å². The van der Waals surface area contributed by atoms with E-state index in [9.17, 15) is 9.59 Å². The third-order valence-corrected chi connectivity index (χ3v) is 6.15. The Morgan fingerprint density at radius 1 is 1.19 bits per heavy atom. The number of amides is 1. The Bertz CT molecular complexity index is 1200. The van der Waals surface area contributed by atoms with E-state index in [1.165, 1.54) is 6.26 Å². The molecule has 2 aliphatic rings. The second-order valence-electron chi connectivity index (χ2n) is 7.96. The average Bonchev–Trinajstić information content (AvgIpc) is 3.37. The lowest BCUT2D eigenvalue weighted by Gasteiger charge is -2.23. The van der Waals surface area contributed by atoms with E-state index in [2.05, 4.69) is 15.3 Å². The summed E-state index contributed by atoms with van der Waals surface area (Å²) in [4.78, 5) is 33.7. The molecule has 0 bridgehead atoms. The first kappa shape index (κ1) is 19.7. The molecule has 1 aliphatic carbocycles. The number of aliphatic imine (C=N–C) groups is 1. The van der Waals surface area contributed by atoms with E-state index in [1.807, 2.05) is 6.07 Å². The molecule has 31 heavy (non-hydrogen) atoms. The summed E-state index contributed by atoms with van der Waals surface area (Å²) in [7, 11) is 0. The predicted molar refractivity (Wildman–Crippen MR) is 118 cm³/mol. The zero-order chi connectivity index (χ0) is 21.4. The fraction of sp³-hybridized carbons (Fsp3) is 0.250. The van der Waals surface area contributed by atoms with Crippen LogP contribution in [0.25, 0.3) is 0 Å². The maximum atomic E-state index is 12.3. The zero-order valence-electron chi connectivity index (χ0n) is 16.7. The van der Waals surface area contributed by atoms with Crippen LogP contribution in [-0.2, 0) is 17.6 Å². The van der Waals surface area contributed by atoms with Gasteiger partial charge in [0.15, 0.2) is 11.6 Å². The highest BCUT2D eigenvalue weighted by Crippen LogP contribution is 2.32. The van der Waals surface area contributed by atoms with Gasteiger partial charge in [-0.05, 0) is 54.8 Å². The van der Waals surface area contributed by atoms with Gasteiger partial charge in [0.25, 0.3) is 5.91 Å². The van der Waals surface area contributed by atoms with Crippen LogP contribution >= 0.6 is 11.6 Å². The van der Waals surface area contributed by atoms with E-state index >= 15 is 0 Å². The minimum Gasteiger partial charge on any atom is -0.459 e. The van der Waals surface area contributed by atoms with Crippen LogP contribution in [0.4, 0.5) is 11.5 Å². The third-order valence-electron chi connectivity index (χ3n) is 5.82. The van der Waals surface area contributed by atoms with Crippen molar-refractivity contribution in [2.45, 2.75) is 32.1 Å². The molecule has 7 heteroatoms. The van der Waals surface area contributed by atoms with Gasteiger partial charge in [0.05, 0.1) is 12.0 Å². The van der Waals surface area contributed by atoms with Gasteiger partial charge in [0.2, 0.25) is 0 Å². The van der Waals surface area contributed by atoms with E-state index in [-0.39, 0.29) is 17.6 Å². The summed E-state index contributed by atoms with van der Waals surface area (Å²) in [5.41, 5.74) is 4.03. The molecule has 2 aromatic heterocycles. The molecule has 1 aromatic carbocycles. The number of hydrogen-bond donors (Lipinski definition) is 1. The van der Waals surface area contributed by atoms with Crippen LogP contribution < -0.4 is 5.32 Å². The van der Waals surface area contributed by atoms with Crippen molar-refractivity contribution < 1.29 is 14.0 Å². The molecule has 156 valence electrons. The molecule has 1 aliphatic heterocycles. The highest BCUT2D eigenvalue weighted by Gasteiger charge is 2.26. The number of fused-ring (bicyclic) bond motifs is 1. The standard InChI is InChI=1S/C24H20ClN3O3/c25-19-7-6-17(27-24(30)22-5-2-8-31-22)12-18(19)20-11-16-9-14(13-26-23(16)28-20)10-21(29)15-3-1-4-15/h2,5-9,12-13,15H,1,3-4,10-11H2,(H,27,30). The van der Waals surface area contributed by atoms with Gasteiger partial charge in [-0.15, -0.1) is 0 Å². The monoisotopic (exact) mass is 433 g/mol. The number of carbonyl (C=O) groups is 2. The van der Waals surface area contributed by atoms with Crippen molar-refractivity contribution in [1.29, 1.82) is 0 Å². The third kappa shape index (κ3) is 4.03. The van der Waals surface area contributed by atoms with Gasteiger partial charge in [0.1, 0.15) is 5.78 Å². The maximum Gasteiger partial charge on any atom is 0.291 e. The summed E-state index contributed by atoms with van der Waals surface area (Å²) in [6, 6.07) is 10.5. The number of nitrogens with zero attached hydrogens (tertiary/aromatic N) is 2. The molecular weight excluding hydrogens is 414 g/mol. The van der Waals surface area contributed by atoms with Crippen molar-refractivity contribution in [1.82, 2.24) is 4.98 Å². The largest absolute Gasteiger partial charge is 0.459 e. The number of hydrogen-bond acceptors (Lipinski definition) is 5. The minimum atomic E-state index is -0.336. The lowest BCUT2D eigenvalue weighted by molar-refractivity contribution is -0.124. The van der Waals surface area contributed by atoms with Gasteiger partial charge < -0.3 is 9.73 Å². The summed E-state index contributed by atoms with van der Waals surface area (Å²) >= 11 is 6.44. The lowest BCUT2D eigenvalue weighted by Crippen LogP contribution is -2.23. The Hall–Kier alpha value is -3.25. The lowest BCUT2D eigenvalue weighted by atomic mass is 9.80. The topological polar surface area (TPSA) is 84.6 Å². The second-order valence-corrected chi connectivity index (χ2v) is 8.37. The number of anilines is 1. The van der Waals surface area contributed by atoms with Crippen LogP contribution in [0.3, 0.4) is 0 Å². The number of nitrogens with one attached hydrogen (secondary N) is 1. The van der Waals surface area contributed by atoms with Gasteiger partial charge in [-0.1, -0.05) is 18.0 Å². The number of rotatable bonds is 6. The molecule has 0 radical (unpaired) electrons. The molecular formula is C24H20ClN3O3. The molecule has 3 aromatic rings. The summed E-state index contributed by atoms with van der Waals surface area (Å²) in [5.74, 6) is 1.07. The maximum absolute atomic E-state index is 12.3. The Kier molecular flexibility index (Phi) is 5.16. The highest BCUT2D eigenvalue weighted by molar-refractivity contribution is 6.34. The van der Waals surface area contributed by atoms with Gasteiger partial charge in [-0.3, -0.25) is 9.59 Å². The van der Waals surface area contributed by atoms with Crippen molar-refractivity contribution in [2.75, 3.05) is 5.32 Å². The number of carbonyl (C=O) groups excluding carboxylic acids is 2. The fourth-order valence-corrected chi connectivity index (χ4v) is 4.11. The van der Waals surface area contributed by atoms with Crippen molar-refractivity contribution in [3.63, 3.8) is 0 Å². The van der Waals surface area contributed by atoms with Gasteiger partial charge in [0, 0.05) is 46.8 Å². The van der Waals surface area contributed by atoms with Crippen molar-refractivity contribution in [3.05, 3.63) is 76.3 Å². The summed E-state index contributed by atoms with van der Waals surface area (Å²) in [6.45, 7) is 0. The molecule has 3 heterocycles. The van der Waals surface area contributed by atoms with Gasteiger partial charge in [-0.2, -0.15) is 0 Å². The number of Topliss-reactive ketones (excluding diaryl/α,β-unsaturated/α-hetero) is 1. The molecule has 0 spiro atoms. The first-order valence-electron chi connectivity index (χ1n) is 10.3. The van der Waals surface area contributed by atoms with Gasteiger partial charge in [-0.25, -0.2) is 9.98 Å². The number of aromatic nitrogens is 1. The number of ketones is 1. The van der Waals surface area contributed by atoms with E-state index < -0.39 is 0 Å². The highest BCUT2D eigenvalue weighted by atomic mass is 35.5. The zero-order valence-corrected chi connectivity index (χ0v) is 17.5. The van der Waals surface area contributed by atoms with E-state index in [1.54, 1.807) is 36.5 Å². The normalized spacial score (nSPS) is 15.2. The molecule has 0 atom stereocenters. The second kappa shape index (κ2) is 8.12. The van der Waals surface area contributed by atoms with E-state index in [4.69, 9.17) is 16.0 Å².